The lowest BCUT2D eigenvalue weighted by Crippen LogP contribution is -2.27. The number of rotatable bonds is 9. The van der Waals surface area contributed by atoms with Gasteiger partial charge in [-0.3, -0.25) is 4.98 Å². The molecule has 0 spiro atoms. The third kappa shape index (κ3) is 5.70. The van der Waals surface area contributed by atoms with Crippen molar-refractivity contribution in [3.05, 3.63) is 36.2 Å². The van der Waals surface area contributed by atoms with Crippen molar-refractivity contribution >= 4 is 27.9 Å². The Bertz CT molecular complexity index is 1130. The summed E-state index contributed by atoms with van der Waals surface area (Å²) in [6.45, 7) is 10.4. The Morgan fingerprint density at radius 3 is 2.59 bits per heavy atom. The molecule has 0 saturated carbocycles. The van der Waals surface area contributed by atoms with Crippen LogP contribution in [0.1, 0.15) is 52.0 Å². The van der Waals surface area contributed by atoms with E-state index in [0.29, 0.717) is 13.2 Å². The number of methoxy groups -OCH3 is 1. The highest BCUT2D eigenvalue weighted by atomic mass is 16.6. The zero-order valence-corrected chi connectivity index (χ0v) is 20.9. The summed E-state index contributed by atoms with van der Waals surface area (Å²) in [6, 6.07) is 6.00. The number of carbonyl (C=O) groups is 1. The second kappa shape index (κ2) is 10.7. The second-order valence-corrected chi connectivity index (χ2v) is 10.0. The van der Waals surface area contributed by atoms with E-state index in [4.69, 9.17) is 14.2 Å². The number of carbonyl (C=O) groups excluding carboxylic acids is 1. The standard InChI is InChI=1S/C27H37N3O4/c1-27(2,3)34-26(31)30-23-10-11-28-19-22(23)21-17-20(9-7-15-32-4)25(18-24(21)30)33-16-8-14-29-12-5-6-13-29/h10-11,17-19H,5-9,12-16H2,1-4H3. The van der Waals surface area contributed by atoms with Crippen LogP contribution in [0.15, 0.2) is 30.6 Å². The van der Waals surface area contributed by atoms with Crippen LogP contribution in [0.5, 0.6) is 5.75 Å². The molecule has 1 saturated heterocycles. The zero-order valence-electron chi connectivity index (χ0n) is 20.9. The van der Waals surface area contributed by atoms with Crippen molar-refractivity contribution in [2.75, 3.05) is 40.0 Å². The van der Waals surface area contributed by atoms with Gasteiger partial charge < -0.3 is 19.1 Å². The fourth-order valence-electron chi connectivity index (χ4n) is 4.65. The molecule has 1 aromatic carbocycles. The number of nitrogens with zero attached hydrogens (tertiary/aromatic N) is 3. The number of hydrogen-bond donors (Lipinski definition) is 0. The molecule has 3 heterocycles. The van der Waals surface area contributed by atoms with Gasteiger partial charge in [0.25, 0.3) is 0 Å². The Morgan fingerprint density at radius 1 is 1.06 bits per heavy atom. The summed E-state index contributed by atoms with van der Waals surface area (Å²) >= 11 is 0. The van der Waals surface area contributed by atoms with Gasteiger partial charge in [-0.25, -0.2) is 9.36 Å². The fraction of sp³-hybridized carbons (Fsp3) is 0.556. The van der Waals surface area contributed by atoms with E-state index in [1.54, 1.807) is 17.9 Å². The van der Waals surface area contributed by atoms with E-state index in [-0.39, 0.29) is 0 Å². The average Bonchev–Trinajstić information content (AvgIpc) is 3.41. The molecule has 0 atom stereocenters. The SMILES string of the molecule is COCCCc1cc2c3cnccc3n(C(=O)OC(C)(C)C)c2cc1OCCCN1CCCC1. The highest BCUT2D eigenvalue weighted by molar-refractivity contribution is 6.12. The van der Waals surface area contributed by atoms with Gasteiger partial charge in [0.05, 0.1) is 17.6 Å². The zero-order chi connectivity index (χ0) is 24.1. The summed E-state index contributed by atoms with van der Waals surface area (Å²) in [5.74, 6) is 0.825. The van der Waals surface area contributed by atoms with Gasteiger partial charge in [-0.2, -0.15) is 0 Å². The first-order valence-electron chi connectivity index (χ1n) is 12.4. The molecule has 0 unspecified atom stereocenters. The van der Waals surface area contributed by atoms with Crippen molar-refractivity contribution < 1.29 is 19.0 Å². The van der Waals surface area contributed by atoms with Crippen LogP contribution in [0.2, 0.25) is 0 Å². The molecule has 7 heteroatoms. The van der Waals surface area contributed by atoms with E-state index in [0.717, 1.165) is 58.9 Å². The highest BCUT2D eigenvalue weighted by Crippen LogP contribution is 2.35. The number of pyridine rings is 1. The van der Waals surface area contributed by atoms with Gasteiger partial charge in [-0.15, -0.1) is 0 Å². The topological polar surface area (TPSA) is 65.8 Å². The Hall–Kier alpha value is -2.64. The van der Waals surface area contributed by atoms with E-state index in [1.807, 2.05) is 39.1 Å². The molecule has 1 aliphatic rings. The first-order valence-corrected chi connectivity index (χ1v) is 12.4. The molecule has 0 bridgehead atoms. The maximum atomic E-state index is 13.2. The van der Waals surface area contributed by atoms with Gasteiger partial charge in [0.15, 0.2) is 0 Å². The van der Waals surface area contributed by atoms with Crippen LogP contribution in [-0.2, 0) is 15.9 Å². The summed E-state index contributed by atoms with van der Waals surface area (Å²) in [6.07, 6.45) is 8.43. The van der Waals surface area contributed by atoms with E-state index in [9.17, 15) is 4.79 Å². The summed E-state index contributed by atoms with van der Waals surface area (Å²) in [4.78, 5) is 20.0. The van der Waals surface area contributed by atoms with Gasteiger partial charge in [-0.05, 0) is 83.7 Å². The first-order chi connectivity index (χ1) is 16.4. The molecule has 0 amide bonds. The maximum absolute atomic E-state index is 13.2. The Balaban J connectivity index is 1.69. The lowest BCUT2D eigenvalue weighted by Gasteiger charge is -2.20. The van der Waals surface area contributed by atoms with Crippen LogP contribution in [-0.4, -0.2) is 66.1 Å². The Kier molecular flexibility index (Phi) is 7.73. The Morgan fingerprint density at radius 2 is 1.85 bits per heavy atom. The van der Waals surface area contributed by atoms with Crippen molar-refractivity contribution in [3.8, 4) is 5.75 Å². The number of aryl methyl sites for hydroxylation is 1. The van der Waals surface area contributed by atoms with E-state index >= 15 is 0 Å². The van der Waals surface area contributed by atoms with Crippen molar-refractivity contribution in [2.24, 2.45) is 0 Å². The van der Waals surface area contributed by atoms with Crippen LogP contribution in [0, 0.1) is 0 Å². The molecule has 1 fully saturated rings. The molecular weight excluding hydrogens is 430 g/mol. The molecule has 3 aromatic rings. The van der Waals surface area contributed by atoms with Crippen LogP contribution >= 0.6 is 0 Å². The van der Waals surface area contributed by atoms with Crippen molar-refractivity contribution in [2.45, 2.75) is 58.5 Å². The fourth-order valence-corrected chi connectivity index (χ4v) is 4.65. The molecule has 0 radical (unpaired) electrons. The monoisotopic (exact) mass is 467 g/mol. The van der Waals surface area contributed by atoms with Gasteiger partial charge in [0.2, 0.25) is 0 Å². The molecular formula is C27H37N3O4. The Labute approximate surface area is 202 Å². The minimum Gasteiger partial charge on any atom is -0.493 e. The van der Waals surface area contributed by atoms with Gasteiger partial charge in [0, 0.05) is 49.5 Å². The number of hydrogen-bond acceptors (Lipinski definition) is 6. The molecule has 2 aromatic heterocycles. The number of likely N-dealkylation sites (tertiary alicyclic amines) is 1. The molecule has 184 valence electrons. The van der Waals surface area contributed by atoms with E-state index < -0.39 is 11.7 Å². The largest absolute Gasteiger partial charge is 0.493 e. The normalized spacial score (nSPS) is 14.8. The highest BCUT2D eigenvalue weighted by Gasteiger charge is 2.24. The number of benzene rings is 1. The lowest BCUT2D eigenvalue weighted by atomic mass is 10.0. The van der Waals surface area contributed by atoms with Crippen molar-refractivity contribution in [3.63, 3.8) is 0 Å². The van der Waals surface area contributed by atoms with Crippen LogP contribution in [0.25, 0.3) is 21.8 Å². The summed E-state index contributed by atoms with van der Waals surface area (Å²) in [5, 5.41) is 1.91. The van der Waals surface area contributed by atoms with Crippen LogP contribution in [0.3, 0.4) is 0 Å². The second-order valence-electron chi connectivity index (χ2n) is 10.0. The molecule has 1 aliphatic heterocycles. The van der Waals surface area contributed by atoms with Crippen molar-refractivity contribution in [1.29, 1.82) is 0 Å². The van der Waals surface area contributed by atoms with Crippen molar-refractivity contribution in [1.82, 2.24) is 14.5 Å². The molecule has 7 nitrogen and oxygen atoms in total. The number of fused-ring (bicyclic) bond motifs is 3. The lowest BCUT2D eigenvalue weighted by molar-refractivity contribution is 0.0551. The maximum Gasteiger partial charge on any atom is 0.419 e. The predicted molar refractivity (Wildman–Crippen MR) is 135 cm³/mol. The minimum atomic E-state index is -0.595. The third-order valence-electron chi connectivity index (χ3n) is 6.19. The van der Waals surface area contributed by atoms with Crippen LogP contribution < -0.4 is 4.74 Å². The van der Waals surface area contributed by atoms with Gasteiger partial charge >= 0.3 is 6.09 Å². The third-order valence-corrected chi connectivity index (χ3v) is 6.19. The van der Waals surface area contributed by atoms with Crippen LogP contribution in [0.4, 0.5) is 4.79 Å². The average molecular weight is 468 g/mol. The molecule has 4 rings (SSSR count). The number of aromatic nitrogens is 2. The summed E-state index contributed by atoms with van der Waals surface area (Å²) in [5.41, 5.74) is 2.09. The first kappa shape index (κ1) is 24.5. The predicted octanol–water partition coefficient (Wildman–Crippen LogP) is 5.42. The van der Waals surface area contributed by atoms with E-state index in [2.05, 4.69) is 16.0 Å². The van der Waals surface area contributed by atoms with Gasteiger partial charge in [-0.1, -0.05) is 0 Å². The summed E-state index contributed by atoms with van der Waals surface area (Å²) in [7, 11) is 1.72. The molecule has 34 heavy (non-hydrogen) atoms. The molecule has 0 N–H and O–H groups in total. The smallest absolute Gasteiger partial charge is 0.419 e. The number of ether oxygens (including phenoxy) is 3. The minimum absolute atomic E-state index is 0.397. The summed E-state index contributed by atoms with van der Waals surface area (Å²) < 4.78 is 19.0. The van der Waals surface area contributed by atoms with Gasteiger partial charge in [0.1, 0.15) is 11.4 Å². The molecule has 0 aliphatic carbocycles. The van der Waals surface area contributed by atoms with E-state index in [1.165, 1.54) is 25.9 Å². The quantitative estimate of drug-likeness (QED) is 0.392.